The number of rotatable bonds is 7. The van der Waals surface area contributed by atoms with Crippen LogP contribution in [0.15, 0.2) is 71.6 Å². The van der Waals surface area contributed by atoms with Crippen LogP contribution in [0.3, 0.4) is 0 Å². The summed E-state index contributed by atoms with van der Waals surface area (Å²) in [5.41, 5.74) is 2.54. The highest BCUT2D eigenvalue weighted by Crippen LogP contribution is 2.33. The molecule has 0 radical (unpaired) electrons. The number of nitrogens with zero attached hydrogens (tertiary/aromatic N) is 1. The summed E-state index contributed by atoms with van der Waals surface area (Å²) in [4.78, 5) is 26.6. The summed E-state index contributed by atoms with van der Waals surface area (Å²) >= 11 is 0. The second-order valence-electron chi connectivity index (χ2n) is 8.29. The molecule has 0 bridgehead atoms. The van der Waals surface area contributed by atoms with Crippen molar-refractivity contribution in [3.05, 3.63) is 77.9 Å². The number of methoxy groups -OCH3 is 1. The number of aryl methyl sites for hydroxylation is 2. The fourth-order valence-corrected chi connectivity index (χ4v) is 4.87. The molecule has 1 aliphatic heterocycles. The molecule has 1 heterocycles. The first-order chi connectivity index (χ1) is 17.2. The quantitative estimate of drug-likeness (QED) is 0.485. The van der Waals surface area contributed by atoms with E-state index in [1.165, 1.54) is 30.2 Å². The van der Waals surface area contributed by atoms with E-state index >= 15 is 0 Å². The molecule has 9 nitrogen and oxygen atoms in total. The largest absolute Gasteiger partial charge is 0.483 e. The van der Waals surface area contributed by atoms with Gasteiger partial charge in [0.1, 0.15) is 11.5 Å². The fraction of sp³-hybridized carbons (Fsp3) is 0.231. The molecule has 0 spiro atoms. The molecule has 10 heteroatoms. The predicted molar refractivity (Wildman–Crippen MR) is 134 cm³/mol. The lowest BCUT2D eigenvalue weighted by Gasteiger charge is -2.33. The summed E-state index contributed by atoms with van der Waals surface area (Å²) in [6, 6.07) is 18.3. The van der Waals surface area contributed by atoms with Gasteiger partial charge in [-0.15, -0.1) is 0 Å². The van der Waals surface area contributed by atoms with Crippen LogP contribution in [0, 0.1) is 13.8 Å². The highest BCUT2D eigenvalue weighted by Gasteiger charge is 2.34. The molecule has 0 aliphatic carbocycles. The van der Waals surface area contributed by atoms with Crippen molar-refractivity contribution in [3.63, 3.8) is 0 Å². The number of fused-ring (bicyclic) bond motifs is 1. The smallest absolute Gasteiger partial charge is 0.348 e. The highest BCUT2D eigenvalue weighted by atomic mass is 32.2. The summed E-state index contributed by atoms with van der Waals surface area (Å²) in [6.45, 7) is 3.27. The number of hydrogen-bond acceptors (Lipinski definition) is 7. The summed E-state index contributed by atoms with van der Waals surface area (Å²) in [6.07, 6.45) is -0.957. The zero-order valence-corrected chi connectivity index (χ0v) is 20.9. The zero-order valence-electron chi connectivity index (χ0n) is 20.1. The van der Waals surface area contributed by atoms with Crippen molar-refractivity contribution in [2.75, 3.05) is 29.9 Å². The third kappa shape index (κ3) is 5.44. The van der Waals surface area contributed by atoms with Crippen LogP contribution in [-0.4, -0.2) is 46.7 Å². The number of para-hydroxylation sites is 2. The number of carbonyl (C=O) groups is 2. The fourth-order valence-electron chi connectivity index (χ4n) is 3.73. The van der Waals surface area contributed by atoms with Crippen molar-refractivity contribution in [1.82, 2.24) is 0 Å². The molecule has 3 aromatic carbocycles. The summed E-state index contributed by atoms with van der Waals surface area (Å²) in [5.74, 6) is -0.227. The normalized spacial score (nSPS) is 14.9. The molecule has 1 amide bonds. The van der Waals surface area contributed by atoms with Crippen LogP contribution in [0.5, 0.6) is 11.5 Å². The molecule has 36 heavy (non-hydrogen) atoms. The average Bonchev–Trinajstić information content (AvgIpc) is 2.87. The second-order valence-corrected chi connectivity index (χ2v) is 9.97. The molecule has 0 unspecified atom stereocenters. The van der Waals surface area contributed by atoms with Gasteiger partial charge in [-0.25, -0.2) is 13.2 Å². The first kappa shape index (κ1) is 25.1. The Balaban J connectivity index is 1.46. The standard InChI is InChI=1S/C26H26N2O7S/c1-17-8-10-19(11-9-17)27-36(31,32)20-12-13-22(18(2)14-20)34-16-25(29)28-15-24(26(30)33-3)35-23-7-5-4-6-21(23)28/h4-14,24,27H,15-16H2,1-3H3/t24-/m0/s1. The maximum atomic E-state index is 13.0. The Labute approximate surface area is 209 Å². The Hall–Kier alpha value is -4.05. The van der Waals surface area contributed by atoms with E-state index in [1.807, 2.05) is 19.1 Å². The minimum Gasteiger partial charge on any atom is -0.483 e. The Morgan fingerprint density at radius 1 is 1.06 bits per heavy atom. The molecule has 1 aliphatic rings. The summed E-state index contributed by atoms with van der Waals surface area (Å²) in [5, 5.41) is 0. The van der Waals surface area contributed by atoms with Crippen molar-refractivity contribution < 1.29 is 32.2 Å². The predicted octanol–water partition coefficient (Wildman–Crippen LogP) is 3.45. The molecule has 1 N–H and O–H groups in total. The van der Waals surface area contributed by atoms with E-state index in [9.17, 15) is 18.0 Å². The van der Waals surface area contributed by atoms with Crippen molar-refractivity contribution in [2.45, 2.75) is 24.8 Å². The lowest BCUT2D eigenvalue weighted by molar-refractivity contribution is -0.148. The van der Waals surface area contributed by atoms with Gasteiger partial charge in [-0.2, -0.15) is 0 Å². The number of anilines is 2. The van der Waals surface area contributed by atoms with Gasteiger partial charge >= 0.3 is 5.97 Å². The molecule has 0 saturated carbocycles. The van der Waals surface area contributed by atoms with Crippen LogP contribution in [-0.2, 0) is 24.3 Å². The van der Waals surface area contributed by atoms with Gasteiger partial charge in [-0.3, -0.25) is 9.52 Å². The Morgan fingerprint density at radius 2 is 1.78 bits per heavy atom. The van der Waals surface area contributed by atoms with E-state index in [1.54, 1.807) is 43.3 Å². The maximum absolute atomic E-state index is 13.0. The molecule has 0 saturated heterocycles. The molecular formula is C26H26N2O7S. The Kier molecular flexibility index (Phi) is 7.16. The lowest BCUT2D eigenvalue weighted by atomic mass is 10.2. The average molecular weight is 511 g/mol. The monoisotopic (exact) mass is 510 g/mol. The minimum absolute atomic E-state index is 0.0211. The first-order valence-corrected chi connectivity index (χ1v) is 12.6. The number of carbonyl (C=O) groups excluding carboxylic acids is 2. The molecule has 188 valence electrons. The number of benzene rings is 3. The van der Waals surface area contributed by atoms with Gasteiger partial charge in [-0.1, -0.05) is 29.8 Å². The van der Waals surface area contributed by atoms with E-state index < -0.39 is 28.0 Å². The minimum atomic E-state index is -3.80. The van der Waals surface area contributed by atoms with Crippen LogP contribution in [0.1, 0.15) is 11.1 Å². The van der Waals surface area contributed by atoms with Crippen LogP contribution in [0.4, 0.5) is 11.4 Å². The van der Waals surface area contributed by atoms with Crippen molar-refractivity contribution in [1.29, 1.82) is 0 Å². The first-order valence-electron chi connectivity index (χ1n) is 11.1. The number of hydrogen-bond donors (Lipinski definition) is 1. The van der Waals surface area contributed by atoms with Crippen molar-refractivity contribution >= 4 is 33.3 Å². The SMILES string of the molecule is COC(=O)[C@@H]1CN(C(=O)COc2ccc(S(=O)(=O)Nc3ccc(C)cc3)cc2C)c2ccccc2O1. The molecule has 0 fully saturated rings. The van der Waals surface area contributed by atoms with Crippen LogP contribution in [0.2, 0.25) is 0 Å². The van der Waals surface area contributed by atoms with E-state index in [-0.39, 0.29) is 18.0 Å². The molecule has 0 aromatic heterocycles. The van der Waals surface area contributed by atoms with Gasteiger partial charge in [0, 0.05) is 5.69 Å². The molecule has 4 rings (SSSR count). The third-order valence-corrected chi connectivity index (χ3v) is 7.03. The zero-order chi connectivity index (χ0) is 25.9. The molecular weight excluding hydrogens is 484 g/mol. The van der Waals surface area contributed by atoms with E-state index in [0.29, 0.717) is 28.4 Å². The topological polar surface area (TPSA) is 111 Å². The lowest BCUT2D eigenvalue weighted by Crippen LogP contribution is -2.48. The number of sulfonamides is 1. The highest BCUT2D eigenvalue weighted by molar-refractivity contribution is 7.92. The van der Waals surface area contributed by atoms with Crippen LogP contribution < -0.4 is 19.1 Å². The number of nitrogens with one attached hydrogen (secondary N) is 1. The van der Waals surface area contributed by atoms with Crippen molar-refractivity contribution in [3.8, 4) is 11.5 Å². The van der Waals surface area contributed by atoms with Gasteiger partial charge in [0.15, 0.2) is 6.61 Å². The molecule has 3 aromatic rings. The van der Waals surface area contributed by atoms with E-state index in [4.69, 9.17) is 14.2 Å². The Bertz CT molecular complexity index is 1390. The number of ether oxygens (including phenoxy) is 3. The van der Waals surface area contributed by atoms with Gasteiger partial charge in [0.05, 0.1) is 24.2 Å². The Morgan fingerprint density at radius 3 is 2.47 bits per heavy atom. The summed E-state index contributed by atoms with van der Waals surface area (Å²) < 4.78 is 44.3. The van der Waals surface area contributed by atoms with E-state index in [2.05, 4.69) is 4.72 Å². The number of amides is 1. The van der Waals surface area contributed by atoms with E-state index in [0.717, 1.165) is 5.56 Å². The van der Waals surface area contributed by atoms with Gasteiger partial charge in [0.2, 0.25) is 6.10 Å². The van der Waals surface area contributed by atoms with Crippen LogP contribution in [0.25, 0.3) is 0 Å². The third-order valence-electron chi connectivity index (χ3n) is 5.65. The molecule has 1 atom stereocenters. The van der Waals surface area contributed by atoms with Gasteiger partial charge in [0.25, 0.3) is 15.9 Å². The van der Waals surface area contributed by atoms with Gasteiger partial charge in [-0.05, 0) is 61.9 Å². The second kappa shape index (κ2) is 10.3. The maximum Gasteiger partial charge on any atom is 0.348 e. The van der Waals surface area contributed by atoms with Gasteiger partial charge < -0.3 is 19.1 Å². The number of esters is 1. The summed E-state index contributed by atoms with van der Waals surface area (Å²) in [7, 11) is -2.55. The van der Waals surface area contributed by atoms with Crippen LogP contribution >= 0.6 is 0 Å². The van der Waals surface area contributed by atoms with Crippen molar-refractivity contribution in [2.24, 2.45) is 0 Å².